The summed E-state index contributed by atoms with van der Waals surface area (Å²) in [4.78, 5) is 0. The van der Waals surface area contributed by atoms with Gasteiger partial charge in [-0.3, -0.25) is 0 Å². The minimum atomic E-state index is 0.402. The van der Waals surface area contributed by atoms with Gasteiger partial charge in [0, 0.05) is 0 Å². The minimum absolute atomic E-state index is 0.402. The number of rotatable bonds is 2. The average Bonchev–Trinajstić information content (AvgIpc) is 2.42. The average molecular weight is 307 g/mol. The van der Waals surface area contributed by atoms with Gasteiger partial charge in [-0.25, -0.2) is 0 Å². The van der Waals surface area contributed by atoms with Crippen LogP contribution >= 0.6 is 0 Å². The van der Waals surface area contributed by atoms with Crippen molar-refractivity contribution in [1.29, 1.82) is 0 Å². The van der Waals surface area contributed by atoms with Crippen LogP contribution in [0.15, 0.2) is 0 Å². The zero-order valence-electron chi connectivity index (χ0n) is 16.7. The van der Waals surface area contributed by atoms with E-state index in [9.17, 15) is 0 Å². The summed E-state index contributed by atoms with van der Waals surface area (Å²) in [6.45, 7) is 20.4. The molecular weight excluding hydrogens is 264 g/mol. The van der Waals surface area contributed by atoms with E-state index in [2.05, 4.69) is 55.4 Å². The normalized spacial score (nSPS) is 43.6. The first-order valence-electron chi connectivity index (χ1n) is 10.1. The lowest BCUT2D eigenvalue weighted by Gasteiger charge is -2.59. The Hall–Kier alpha value is 0. The molecule has 2 aliphatic carbocycles. The fourth-order valence-electron chi connectivity index (χ4n) is 6.12. The number of hydrogen-bond acceptors (Lipinski definition) is 0. The van der Waals surface area contributed by atoms with Crippen molar-refractivity contribution < 1.29 is 0 Å². The van der Waals surface area contributed by atoms with Crippen molar-refractivity contribution in [2.45, 2.75) is 93.9 Å². The number of hydrogen-bond donors (Lipinski definition) is 0. The fourth-order valence-corrected chi connectivity index (χ4v) is 6.12. The zero-order valence-corrected chi connectivity index (χ0v) is 16.7. The van der Waals surface area contributed by atoms with Gasteiger partial charge in [0.15, 0.2) is 0 Å². The first kappa shape index (κ1) is 18.3. The van der Waals surface area contributed by atoms with Crippen molar-refractivity contribution in [2.75, 3.05) is 0 Å². The molecular formula is C22H42. The molecule has 2 fully saturated rings. The van der Waals surface area contributed by atoms with Crippen LogP contribution in [0.1, 0.15) is 93.9 Å². The Kier molecular flexibility index (Phi) is 5.40. The molecule has 0 nitrogen and oxygen atoms in total. The summed E-state index contributed by atoms with van der Waals surface area (Å²) in [5.74, 6) is 5.50. The van der Waals surface area contributed by atoms with Crippen LogP contribution < -0.4 is 0 Å². The van der Waals surface area contributed by atoms with Gasteiger partial charge in [0.25, 0.3) is 0 Å². The SMILES string of the molecule is CC1CCC(C)C(C(C)(C2CC(C)CCC2C)C(C)(C)C)C1. The van der Waals surface area contributed by atoms with Crippen molar-refractivity contribution >= 4 is 0 Å². The zero-order chi connectivity index (χ0) is 16.7. The molecule has 2 saturated carbocycles. The highest BCUT2D eigenvalue weighted by Gasteiger charge is 2.53. The van der Waals surface area contributed by atoms with Crippen molar-refractivity contribution in [3.63, 3.8) is 0 Å². The lowest BCUT2D eigenvalue weighted by atomic mass is 9.46. The van der Waals surface area contributed by atoms with E-state index in [1.807, 2.05) is 0 Å². The Morgan fingerprint density at radius 1 is 0.591 bits per heavy atom. The molecule has 0 saturated heterocycles. The first-order valence-corrected chi connectivity index (χ1v) is 10.1. The summed E-state index contributed by atoms with van der Waals surface area (Å²) in [5, 5.41) is 0. The molecule has 0 heterocycles. The quantitative estimate of drug-likeness (QED) is 0.506. The summed E-state index contributed by atoms with van der Waals surface area (Å²) in [6, 6.07) is 0. The van der Waals surface area contributed by atoms with E-state index < -0.39 is 0 Å². The third-order valence-electron chi connectivity index (χ3n) is 8.07. The van der Waals surface area contributed by atoms with Gasteiger partial charge in [-0.15, -0.1) is 0 Å². The molecule has 6 unspecified atom stereocenters. The van der Waals surface area contributed by atoms with Crippen LogP contribution in [0, 0.1) is 46.3 Å². The molecule has 2 aliphatic rings. The van der Waals surface area contributed by atoms with Crippen LogP contribution in [0.2, 0.25) is 0 Å². The molecule has 0 bridgehead atoms. The summed E-state index contributed by atoms with van der Waals surface area (Å²) >= 11 is 0. The molecule has 0 radical (unpaired) electrons. The Labute approximate surface area is 140 Å². The Bertz CT molecular complexity index is 335. The summed E-state index contributed by atoms with van der Waals surface area (Å²) in [5.41, 5.74) is 0.883. The second-order valence-electron chi connectivity index (χ2n) is 10.5. The molecule has 0 aromatic rings. The van der Waals surface area contributed by atoms with Crippen molar-refractivity contribution in [2.24, 2.45) is 46.3 Å². The molecule has 0 spiro atoms. The highest BCUT2D eigenvalue weighted by molar-refractivity contribution is 5.02. The van der Waals surface area contributed by atoms with E-state index in [0.717, 1.165) is 35.5 Å². The van der Waals surface area contributed by atoms with Crippen LogP contribution in [0.4, 0.5) is 0 Å². The van der Waals surface area contributed by atoms with Crippen molar-refractivity contribution in [3.8, 4) is 0 Å². The lowest BCUT2D eigenvalue weighted by molar-refractivity contribution is -0.105. The predicted molar refractivity (Wildman–Crippen MR) is 98.9 cm³/mol. The van der Waals surface area contributed by atoms with Crippen LogP contribution in [-0.4, -0.2) is 0 Å². The molecule has 130 valence electrons. The maximum absolute atomic E-state index is 2.69. The molecule has 0 aromatic carbocycles. The van der Waals surface area contributed by atoms with E-state index in [-0.39, 0.29) is 0 Å². The second kappa shape index (κ2) is 6.48. The third kappa shape index (κ3) is 3.27. The molecule has 0 N–H and O–H groups in total. The van der Waals surface area contributed by atoms with Crippen LogP contribution in [0.3, 0.4) is 0 Å². The van der Waals surface area contributed by atoms with Gasteiger partial charge >= 0.3 is 0 Å². The van der Waals surface area contributed by atoms with Crippen molar-refractivity contribution in [3.05, 3.63) is 0 Å². The van der Waals surface area contributed by atoms with Gasteiger partial charge < -0.3 is 0 Å². The topological polar surface area (TPSA) is 0 Å². The standard InChI is InChI=1S/C22H42/c1-15-9-11-17(3)19(13-15)22(8,21(5,6)7)20-14-16(2)10-12-18(20)4/h15-20H,9-14H2,1-8H3. The van der Waals surface area contributed by atoms with Crippen molar-refractivity contribution in [1.82, 2.24) is 0 Å². The van der Waals surface area contributed by atoms with E-state index in [1.54, 1.807) is 0 Å². The third-order valence-corrected chi connectivity index (χ3v) is 8.07. The summed E-state index contributed by atoms with van der Waals surface area (Å²) in [7, 11) is 0. The molecule has 0 aliphatic heterocycles. The fraction of sp³-hybridized carbons (Fsp3) is 1.00. The monoisotopic (exact) mass is 306 g/mol. The molecule has 6 atom stereocenters. The predicted octanol–water partition coefficient (Wildman–Crippen LogP) is 7.18. The molecule has 0 amide bonds. The van der Waals surface area contributed by atoms with Crippen LogP contribution in [0.5, 0.6) is 0 Å². The van der Waals surface area contributed by atoms with E-state index in [4.69, 9.17) is 0 Å². The Balaban J connectivity index is 2.38. The maximum atomic E-state index is 2.69. The van der Waals surface area contributed by atoms with Gasteiger partial charge in [-0.2, -0.15) is 0 Å². The van der Waals surface area contributed by atoms with E-state index in [1.165, 1.54) is 38.5 Å². The van der Waals surface area contributed by atoms with Crippen LogP contribution in [-0.2, 0) is 0 Å². The summed E-state index contributed by atoms with van der Waals surface area (Å²) < 4.78 is 0. The van der Waals surface area contributed by atoms with Gasteiger partial charge in [-0.1, -0.05) is 81.1 Å². The highest BCUT2D eigenvalue weighted by atomic mass is 14.6. The van der Waals surface area contributed by atoms with Gasteiger partial charge in [0.1, 0.15) is 0 Å². The van der Waals surface area contributed by atoms with Gasteiger partial charge in [0.2, 0.25) is 0 Å². The minimum Gasteiger partial charge on any atom is -0.0625 e. The largest absolute Gasteiger partial charge is 0.0625 e. The maximum Gasteiger partial charge on any atom is -0.0215 e. The highest BCUT2D eigenvalue weighted by Crippen LogP contribution is 2.61. The lowest BCUT2D eigenvalue weighted by Crippen LogP contribution is -2.52. The second-order valence-corrected chi connectivity index (χ2v) is 10.5. The summed E-state index contributed by atoms with van der Waals surface area (Å²) in [6.07, 6.45) is 8.74. The van der Waals surface area contributed by atoms with E-state index >= 15 is 0 Å². The Morgan fingerprint density at radius 3 is 1.27 bits per heavy atom. The van der Waals surface area contributed by atoms with Gasteiger partial charge in [-0.05, 0) is 59.2 Å². The van der Waals surface area contributed by atoms with E-state index in [0.29, 0.717) is 10.8 Å². The molecule has 22 heavy (non-hydrogen) atoms. The molecule has 0 aromatic heterocycles. The molecule has 2 rings (SSSR count). The van der Waals surface area contributed by atoms with Gasteiger partial charge in [0.05, 0.1) is 0 Å². The first-order chi connectivity index (χ1) is 10.1. The van der Waals surface area contributed by atoms with Crippen LogP contribution in [0.25, 0.3) is 0 Å². The smallest absolute Gasteiger partial charge is 0.0215 e. The Morgan fingerprint density at radius 2 is 0.955 bits per heavy atom. The molecule has 0 heteroatoms.